The van der Waals surface area contributed by atoms with Crippen molar-refractivity contribution in [3.05, 3.63) is 35.9 Å². The molecule has 3 fully saturated rings. The molecular weight excluding hydrogens is 578 g/mol. The van der Waals surface area contributed by atoms with Crippen LogP contribution in [0.3, 0.4) is 0 Å². The van der Waals surface area contributed by atoms with Crippen LogP contribution in [0.1, 0.15) is 55.8 Å². The Morgan fingerprint density at radius 3 is 2.41 bits per heavy atom. The van der Waals surface area contributed by atoms with Crippen molar-refractivity contribution in [1.82, 2.24) is 24.0 Å². The number of hydrogen-bond donors (Lipinski definition) is 1. The minimum absolute atomic E-state index is 0.0394. The van der Waals surface area contributed by atoms with Crippen LogP contribution < -0.4 is 14.8 Å². The lowest BCUT2D eigenvalue weighted by Crippen LogP contribution is -2.52. The summed E-state index contributed by atoms with van der Waals surface area (Å²) in [5.74, 6) is 2.85. The maximum absolute atomic E-state index is 13.8. The van der Waals surface area contributed by atoms with E-state index in [1.165, 1.54) is 30.5 Å². The first-order valence-electron chi connectivity index (χ1n) is 15.6. The third-order valence-corrected chi connectivity index (χ3v) is 10.8. The van der Waals surface area contributed by atoms with Crippen molar-refractivity contribution in [2.24, 2.45) is 17.6 Å². The van der Waals surface area contributed by atoms with E-state index >= 15 is 0 Å². The van der Waals surface area contributed by atoms with Gasteiger partial charge in [-0.25, -0.2) is 18.4 Å². The average Bonchev–Trinajstić information content (AvgIpc) is 3.92. The number of pyridine rings is 1. The van der Waals surface area contributed by atoms with Gasteiger partial charge in [-0.3, -0.25) is 9.10 Å². The van der Waals surface area contributed by atoms with Crippen molar-refractivity contribution in [2.45, 2.75) is 70.6 Å². The van der Waals surface area contributed by atoms with Gasteiger partial charge in [0.05, 0.1) is 24.6 Å². The van der Waals surface area contributed by atoms with Gasteiger partial charge in [-0.15, -0.1) is 0 Å². The minimum atomic E-state index is -3.46. The van der Waals surface area contributed by atoms with E-state index in [0.29, 0.717) is 41.0 Å². The molecule has 1 amide bonds. The van der Waals surface area contributed by atoms with Crippen LogP contribution in [0, 0.1) is 11.8 Å². The topological polar surface area (TPSA) is 129 Å². The molecule has 2 aliphatic carbocycles. The van der Waals surface area contributed by atoms with E-state index in [9.17, 15) is 13.2 Å². The van der Waals surface area contributed by atoms with E-state index in [2.05, 4.69) is 15.2 Å². The van der Waals surface area contributed by atoms with Crippen LogP contribution in [0.25, 0.3) is 33.6 Å². The van der Waals surface area contributed by atoms with Crippen LogP contribution in [0.15, 0.2) is 30.3 Å². The van der Waals surface area contributed by atoms with Gasteiger partial charge in [0, 0.05) is 49.7 Å². The Kier molecular flexibility index (Phi) is 7.12. The summed E-state index contributed by atoms with van der Waals surface area (Å²) in [5.41, 5.74) is 10.1. The molecule has 11 nitrogen and oxygen atoms in total. The second-order valence-corrected chi connectivity index (χ2v) is 15.0. The van der Waals surface area contributed by atoms with Gasteiger partial charge in [0.1, 0.15) is 22.7 Å². The van der Waals surface area contributed by atoms with Crippen LogP contribution in [0.5, 0.6) is 5.75 Å². The van der Waals surface area contributed by atoms with E-state index in [1.807, 2.05) is 30.0 Å². The Morgan fingerprint density at radius 2 is 1.75 bits per heavy atom. The van der Waals surface area contributed by atoms with Gasteiger partial charge in [0.25, 0.3) is 5.91 Å². The first kappa shape index (κ1) is 29.1. The van der Waals surface area contributed by atoms with Crippen molar-refractivity contribution < 1.29 is 17.9 Å². The second-order valence-electron chi connectivity index (χ2n) is 13.0. The number of ether oxygens (including phenoxy) is 1. The van der Waals surface area contributed by atoms with Gasteiger partial charge in [-0.05, 0) is 87.6 Å². The quantitative estimate of drug-likeness (QED) is 0.297. The number of rotatable bonds is 9. The molecule has 2 N–H and O–H groups in total. The number of hydrogen-bond acceptors (Lipinski definition) is 7. The van der Waals surface area contributed by atoms with Crippen LogP contribution in [0.4, 0.5) is 5.82 Å². The zero-order valence-electron chi connectivity index (χ0n) is 25.9. The van der Waals surface area contributed by atoms with E-state index in [-0.39, 0.29) is 18.0 Å². The first-order chi connectivity index (χ1) is 21.0. The summed E-state index contributed by atoms with van der Waals surface area (Å²) in [6, 6.07) is 9.44. The number of fused-ring (bicyclic) bond motifs is 2. The fourth-order valence-electron chi connectivity index (χ4n) is 6.46. The number of anilines is 1. The van der Waals surface area contributed by atoms with Gasteiger partial charge in [0.2, 0.25) is 10.0 Å². The molecule has 0 radical (unpaired) electrons. The lowest BCUT2D eigenvalue weighted by Gasteiger charge is -2.37. The van der Waals surface area contributed by atoms with E-state index in [1.54, 1.807) is 13.2 Å². The van der Waals surface area contributed by atoms with Gasteiger partial charge in [0.15, 0.2) is 5.82 Å². The standard InChI is InChI=1S/C32H41N7O4S/c1-19-24(33)6-5-13-37(19)32(40)23-14-25-29(27(16-23)43-3)39(18-21-9-10-21)31(34-25)26-15-22-11-12-28(36(2)44(4,41)42)35-30(22)38(26)17-20-7-8-20/h11-12,14-16,19-21,24H,5-10,13,17-18,33H2,1-4H3/t19-,24-/m1/s1. The van der Waals surface area contributed by atoms with Crippen molar-refractivity contribution >= 4 is 43.8 Å². The third kappa shape index (κ3) is 5.21. The lowest BCUT2D eigenvalue weighted by molar-refractivity contribution is 0.0604. The summed E-state index contributed by atoms with van der Waals surface area (Å²) in [6.45, 7) is 4.28. The number of carbonyl (C=O) groups excluding carboxylic acids is 1. The van der Waals surface area contributed by atoms with Crippen molar-refractivity contribution in [1.29, 1.82) is 0 Å². The molecule has 1 aliphatic heterocycles. The number of methoxy groups -OCH3 is 1. The van der Waals surface area contributed by atoms with E-state index in [0.717, 1.165) is 66.8 Å². The molecule has 0 bridgehead atoms. The maximum Gasteiger partial charge on any atom is 0.254 e. The van der Waals surface area contributed by atoms with Gasteiger partial charge >= 0.3 is 0 Å². The zero-order valence-corrected chi connectivity index (χ0v) is 26.7. The summed E-state index contributed by atoms with van der Waals surface area (Å²) in [7, 11) is -0.296. The number of amides is 1. The summed E-state index contributed by atoms with van der Waals surface area (Å²) in [5, 5.41) is 0.926. The molecule has 12 heteroatoms. The normalized spacial score (nSPS) is 20.9. The van der Waals surface area contributed by atoms with Crippen LogP contribution >= 0.6 is 0 Å². The predicted octanol–water partition coefficient (Wildman–Crippen LogP) is 4.23. The predicted molar refractivity (Wildman–Crippen MR) is 171 cm³/mol. The Morgan fingerprint density at radius 1 is 1.05 bits per heavy atom. The maximum atomic E-state index is 13.8. The molecule has 3 aliphatic rings. The molecule has 2 atom stereocenters. The van der Waals surface area contributed by atoms with Crippen LogP contribution in [-0.2, 0) is 23.1 Å². The Hall–Kier alpha value is -3.64. The molecular formula is C32H41N7O4S. The molecule has 4 heterocycles. The molecule has 2 saturated carbocycles. The van der Waals surface area contributed by atoms with Crippen molar-refractivity contribution in [3.63, 3.8) is 0 Å². The van der Waals surface area contributed by atoms with Crippen LogP contribution in [-0.4, -0.2) is 77.4 Å². The molecule has 1 aromatic carbocycles. The summed E-state index contributed by atoms with van der Waals surface area (Å²) < 4.78 is 36.2. The monoisotopic (exact) mass is 619 g/mol. The molecule has 44 heavy (non-hydrogen) atoms. The van der Waals surface area contributed by atoms with E-state index in [4.69, 9.17) is 20.4 Å². The lowest BCUT2D eigenvalue weighted by atomic mass is 9.97. The molecule has 1 saturated heterocycles. The molecule has 0 spiro atoms. The number of aromatic nitrogens is 4. The highest BCUT2D eigenvalue weighted by Gasteiger charge is 2.33. The highest BCUT2D eigenvalue weighted by molar-refractivity contribution is 7.92. The number of imidazole rings is 1. The first-order valence-corrected chi connectivity index (χ1v) is 17.5. The molecule has 7 rings (SSSR count). The number of likely N-dealkylation sites (tertiary alicyclic amines) is 1. The van der Waals surface area contributed by atoms with Crippen LogP contribution in [0.2, 0.25) is 0 Å². The van der Waals surface area contributed by atoms with Crippen molar-refractivity contribution in [3.8, 4) is 17.3 Å². The Balaban J connectivity index is 1.39. The van der Waals surface area contributed by atoms with Gasteiger partial charge in [-0.2, -0.15) is 0 Å². The summed E-state index contributed by atoms with van der Waals surface area (Å²) in [6.07, 6.45) is 7.62. The molecule has 0 unspecified atom stereocenters. The summed E-state index contributed by atoms with van der Waals surface area (Å²) >= 11 is 0. The smallest absolute Gasteiger partial charge is 0.254 e. The number of benzene rings is 1. The number of sulfonamides is 1. The molecule has 234 valence electrons. The highest BCUT2D eigenvalue weighted by atomic mass is 32.2. The Labute approximate surface area is 258 Å². The number of nitrogens with zero attached hydrogens (tertiary/aromatic N) is 6. The molecule has 4 aromatic rings. The number of nitrogens with two attached hydrogens (primary N) is 1. The highest BCUT2D eigenvalue weighted by Crippen LogP contribution is 2.41. The molecule has 3 aromatic heterocycles. The largest absolute Gasteiger partial charge is 0.494 e. The number of carbonyl (C=O) groups is 1. The SMILES string of the molecule is COc1cc(C(=O)N2CCC[C@@H](N)[C@H]2C)cc2nc(-c3cc4ccc(N(C)S(C)(=O)=O)nc4n3CC3CC3)n(CC3CC3)c12. The second kappa shape index (κ2) is 10.8. The van der Waals surface area contributed by atoms with Gasteiger partial charge < -0.3 is 24.5 Å². The fourth-order valence-corrected chi connectivity index (χ4v) is 6.90. The third-order valence-electron chi connectivity index (χ3n) is 9.64. The zero-order chi connectivity index (χ0) is 30.9. The summed E-state index contributed by atoms with van der Waals surface area (Å²) in [4.78, 5) is 25.7. The fraction of sp³-hybridized carbons (Fsp3) is 0.531. The average molecular weight is 620 g/mol. The van der Waals surface area contributed by atoms with E-state index < -0.39 is 10.0 Å². The minimum Gasteiger partial charge on any atom is -0.494 e. The van der Waals surface area contributed by atoms with Gasteiger partial charge in [-0.1, -0.05) is 0 Å². The van der Waals surface area contributed by atoms with Crippen molar-refractivity contribution in [2.75, 3.05) is 31.3 Å². The number of piperidine rings is 1. The Bertz CT molecular complexity index is 1870.